The summed E-state index contributed by atoms with van der Waals surface area (Å²) in [6.07, 6.45) is 1.84. The lowest BCUT2D eigenvalue weighted by Crippen LogP contribution is -2.07. The molecular weight excluding hydrogens is 229 g/mol. The van der Waals surface area contributed by atoms with Gasteiger partial charge in [0.25, 0.3) is 0 Å². The van der Waals surface area contributed by atoms with Gasteiger partial charge in [0, 0.05) is 29.9 Å². The molecule has 0 aliphatic rings. The first-order valence-electron chi connectivity index (χ1n) is 6.13. The van der Waals surface area contributed by atoms with Crippen molar-refractivity contribution in [3.05, 3.63) is 41.5 Å². The molecule has 1 heterocycles. The predicted molar refractivity (Wildman–Crippen MR) is 70.8 cm³/mol. The molecule has 1 aromatic heterocycles. The Kier molecular flexibility index (Phi) is 3.77. The van der Waals surface area contributed by atoms with Crippen molar-refractivity contribution in [2.24, 2.45) is 0 Å². The van der Waals surface area contributed by atoms with Gasteiger partial charge < -0.3 is 5.32 Å². The third-order valence-electron chi connectivity index (χ3n) is 3.13. The lowest BCUT2D eigenvalue weighted by atomic mass is 10.0. The van der Waals surface area contributed by atoms with Gasteiger partial charge in [-0.2, -0.15) is 5.10 Å². The number of aryl methyl sites for hydroxylation is 1. The topological polar surface area (TPSA) is 29.9 Å². The zero-order valence-electron chi connectivity index (χ0n) is 11.0. The van der Waals surface area contributed by atoms with E-state index in [2.05, 4.69) is 17.3 Å². The number of hydrogen-bond donors (Lipinski definition) is 1. The van der Waals surface area contributed by atoms with Gasteiger partial charge in [-0.25, -0.2) is 4.39 Å². The quantitative estimate of drug-likeness (QED) is 0.900. The van der Waals surface area contributed by atoms with Crippen molar-refractivity contribution in [3.8, 4) is 11.1 Å². The third-order valence-corrected chi connectivity index (χ3v) is 3.13. The average Bonchev–Trinajstić information content (AvgIpc) is 2.74. The molecule has 4 heteroatoms. The van der Waals surface area contributed by atoms with Crippen LogP contribution in [0.4, 0.5) is 4.39 Å². The lowest BCUT2D eigenvalue weighted by Gasteiger charge is -2.07. The van der Waals surface area contributed by atoms with Crippen molar-refractivity contribution in [1.29, 1.82) is 0 Å². The molecule has 96 valence electrons. The van der Waals surface area contributed by atoms with Crippen LogP contribution in [0.25, 0.3) is 11.1 Å². The largest absolute Gasteiger partial charge is 0.316 e. The highest BCUT2D eigenvalue weighted by Gasteiger charge is 2.10. The average molecular weight is 247 g/mol. The summed E-state index contributed by atoms with van der Waals surface area (Å²) in [5.41, 5.74) is 3.87. The van der Waals surface area contributed by atoms with Crippen LogP contribution < -0.4 is 5.32 Å². The summed E-state index contributed by atoms with van der Waals surface area (Å²) in [5, 5.41) is 7.29. The lowest BCUT2D eigenvalue weighted by molar-refractivity contribution is 0.601. The van der Waals surface area contributed by atoms with Gasteiger partial charge in [-0.3, -0.25) is 4.68 Å². The molecule has 2 rings (SSSR count). The maximum Gasteiger partial charge on any atom is 0.127 e. The Hall–Kier alpha value is -1.68. The fraction of sp³-hybridized carbons (Fsp3) is 0.357. The molecule has 18 heavy (non-hydrogen) atoms. The van der Waals surface area contributed by atoms with E-state index in [0.29, 0.717) is 12.1 Å². The number of rotatable bonds is 4. The van der Waals surface area contributed by atoms with Gasteiger partial charge in [0.15, 0.2) is 0 Å². The molecule has 0 bridgehead atoms. The SMILES string of the molecule is CCn1ncc(-c2ccc(F)c(CNC)c2)c1C. The smallest absolute Gasteiger partial charge is 0.127 e. The summed E-state index contributed by atoms with van der Waals surface area (Å²) < 4.78 is 15.5. The summed E-state index contributed by atoms with van der Waals surface area (Å²) in [4.78, 5) is 0. The first kappa shape index (κ1) is 12.8. The fourth-order valence-electron chi connectivity index (χ4n) is 2.12. The highest BCUT2D eigenvalue weighted by molar-refractivity contribution is 5.66. The molecule has 0 radical (unpaired) electrons. The number of halogens is 1. The van der Waals surface area contributed by atoms with Crippen LogP contribution in [0.5, 0.6) is 0 Å². The maximum absolute atomic E-state index is 13.6. The van der Waals surface area contributed by atoms with E-state index in [1.165, 1.54) is 6.07 Å². The summed E-state index contributed by atoms with van der Waals surface area (Å²) in [5.74, 6) is -0.173. The second-order valence-electron chi connectivity index (χ2n) is 4.30. The van der Waals surface area contributed by atoms with E-state index >= 15 is 0 Å². The molecule has 0 saturated heterocycles. The summed E-state index contributed by atoms with van der Waals surface area (Å²) in [6, 6.07) is 5.21. The Balaban J connectivity index is 2.44. The maximum atomic E-state index is 13.6. The standard InChI is InChI=1S/C14H18FN3/c1-4-18-10(2)13(9-17-18)11-5-6-14(15)12(7-11)8-16-3/h5-7,9,16H,4,8H2,1-3H3. The van der Waals surface area contributed by atoms with Gasteiger partial charge in [0.05, 0.1) is 6.20 Å². The molecule has 0 amide bonds. The second-order valence-corrected chi connectivity index (χ2v) is 4.30. The van der Waals surface area contributed by atoms with Crippen LogP contribution >= 0.6 is 0 Å². The monoisotopic (exact) mass is 247 g/mol. The molecule has 0 atom stereocenters. The molecule has 3 nitrogen and oxygen atoms in total. The molecule has 0 saturated carbocycles. The molecule has 0 aliphatic carbocycles. The Labute approximate surface area is 107 Å². The summed E-state index contributed by atoms with van der Waals surface area (Å²) >= 11 is 0. The van der Waals surface area contributed by atoms with Crippen molar-refractivity contribution in [2.75, 3.05) is 7.05 Å². The van der Waals surface area contributed by atoms with Crippen molar-refractivity contribution < 1.29 is 4.39 Å². The minimum absolute atomic E-state index is 0.173. The van der Waals surface area contributed by atoms with Crippen molar-refractivity contribution >= 4 is 0 Å². The predicted octanol–water partition coefficient (Wildman–Crippen LogP) is 2.74. The molecular formula is C14H18FN3. The normalized spacial score (nSPS) is 10.9. The second kappa shape index (κ2) is 5.31. The van der Waals surface area contributed by atoms with E-state index in [0.717, 1.165) is 23.4 Å². The van der Waals surface area contributed by atoms with E-state index < -0.39 is 0 Å². The van der Waals surface area contributed by atoms with Crippen LogP contribution in [-0.4, -0.2) is 16.8 Å². The van der Waals surface area contributed by atoms with Crippen LogP contribution in [0.2, 0.25) is 0 Å². The Morgan fingerprint density at radius 3 is 2.78 bits per heavy atom. The summed E-state index contributed by atoms with van der Waals surface area (Å²) in [6.45, 7) is 5.46. The fourth-order valence-corrected chi connectivity index (χ4v) is 2.12. The zero-order valence-corrected chi connectivity index (χ0v) is 11.0. The van der Waals surface area contributed by atoms with Crippen LogP contribution in [0.15, 0.2) is 24.4 Å². The van der Waals surface area contributed by atoms with E-state index in [1.807, 2.05) is 30.9 Å². The molecule has 1 N–H and O–H groups in total. The molecule has 0 fully saturated rings. The number of hydrogen-bond acceptors (Lipinski definition) is 2. The minimum atomic E-state index is -0.173. The van der Waals surface area contributed by atoms with Gasteiger partial charge in [-0.15, -0.1) is 0 Å². The Morgan fingerprint density at radius 2 is 2.17 bits per heavy atom. The van der Waals surface area contributed by atoms with Gasteiger partial charge in [-0.1, -0.05) is 6.07 Å². The molecule has 0 aliphatic heterocycles. The molecule has 2 aromatic rings. The minimum Gasteiger partial charge on any atom is -0.316 e. The van der Waals surface area contributed by atoms with Crippen LogP contribution in [0.3, 0.4) is 0 Å². The van der Waals surface area contributed by atoms with Gasteiger partial charge in [0.2, 0.25) is 0 Å². The van der Waals surface area contributed by atoms with Crippen LogP contribution in [0, 0.1) is 12.7 Å². The first-order valence-corrected chi connectivity index (χ1v) is 6.13. The zero-order chi connectivity index (χ0) is 13.1. The van der Waals surface area contributed by atoms with E-state index in [-0.39, 0.29) is 5.82 Å². The van der Waals surface area contributed by atoms with Crippen molar-refractivity contribution in [2.45, 2.75) is 26.9 Å². The Bertz CT molecular complexity index is 546. The number of nitrogens with one attached hydrogen (secondary N) is 1. The van der Waals surface area contributed by atoms with Crippen LogP contribution in [-0.2, 0) is 13.1 Å². The Morgan fingerprint density at radius 1 is 1.39 bits per heavy atom. The first-order chi connectivity index (χ1) is 8.67. The van der Waals surface area contributed by atoms with Gasteiger partial charge in [0.1, 0.15) is 5.82 Å². The molecule has 0 unspecified atom stereocenters. The number of nitrogens with zero attached hydrogens (tertiary/aromatic N) is 2. The number of aromatic nitrogens is 2. The highest BCUT2D eigenvalue weighted by atomic mass is 19.1. The number of benzene rings is 1. The highest BCUT2D eigenvalue weighted by Crippen LogP contribution is 2.25. The third kappa shape index (κ3) is 2.29. The van der Waals surface area contributed by atoms with Gasteiger partial charge in [-0.05, 0) is 38.6 Å². The van der Waals surface area contributed by atoms with Crippen LogP contribution in [0.1, 0.15) is 18.2 Å². The van der Waals surface area contributed by atoms with Gasteiger partial charge >= 0.3 is 0 Å². The molecule has 0 spiro atoms. The van der Waals surface area contributed by atoms with E-state index in [4.69, 9.17) is 0 Å². The molecule has 1 aromatic carbocycles. The van der Waals surface area contributed by atoms with E-state index in [1.54, 1.807) is 6.07 Å². The summed E-state index contributed by atoms with van der Waals surface area (Å²) in [7, 11) is 1.81. The van der Waals surface area contributed by atoms with Crippen molar-refractivity contribution in [1.82, 2.24) is 15.1 Å². The van der Waals surface area contributed by atoms with E-state index in [9.17, 15) is 4.39 Å². The van der Waals surface area contributed by atoms with Crippen molar-refractivity contribution in [3.63, 3.8) is 0 Å².